The first-order chi connectivity index (χ1) is 13.2. The maximum atomic E-state index is 15.1. The molecule has 1 N–H and O–H groups in total. The number of hydrogen-bond donors (Lipinski definition) is 1. The Morgan fingerprint density at radius 1 is 1.10 bits per heavy atom. The van der Waals surface area contributed by atoms with Crippen LogP contribution in [0.25, 0.3) is 11.3 Å². The Morgan fingerprint density at radius 2 is 1.76 bits per heavy atom. The Kier molecular flexibility index (Phi) is 6.71. The second-order valence-corrected chi connectivity index (χ2v) is 7.67. The van der Waals surface area contributed by atoms with Crippen molar-refractivity contribution in [3.8, 4) is 11.3 Å². The predicted molar refractivity (Wildman–Crippen MR) is 102 cm³/mol. The molecule has 2 aromatic heterocycles. The first-order valence-corrected chi connectivity index (χ1v) is 9.49. The second-order valence-electron chi connectivity index (χ2n) is 5.86. The van der Waals surface area contributed by atoms with Gasteiger partial charge in [-0.1, -0.05) is 18.2 Å². The van der Waals surface area contributed by atoms with Gasteiger partial charge in [0.1, 0.15) is 5.69 Å². The van der Waals surface area contributed by atoms with E-state index >= 15 is 4.39 Å². The van der Waals surface area contributed by atoms with Crippen molar-refractivity contribution in [3.63, 3.8) is 0 Å². The Balaban J connectivity index is 0.00000300. The predicted octanol–water partition coefficient (Wildman–Crippen LogP) is 4.09. The van der Waals surface area contributed by atoms with Gasteiger partial charge in [0.15, 0.2) is 11.5 Å². The summed E-state index contributed by atoms with van der Waals surface area (Å²) in [5.74, 6) is -1.06. The smallest absolute Gasteiger partial charge is 0.316 e. The summed E-state index contributed by atoms with van der Waals surface area (Å²) in [6.45, 7) is -0.0717. The van der Waals surface area contributed by atoms with Crippen LogP contribution in [-0.4, -0.2) is 24.4 Å². The summed E-state index contributed by atoms with van der Waals surface area (Å²) in [6.07, 6.45) is -2.99. The molecule has 0 fully saturated rings. The van der Waals surface area contributed by atoms with E-state index in [-0.39, 0.29) is 29.4 Å². The van der Waals surface area contributed by atoms with Crippen molar-refractivity contribution >= 4 is 22.4 Å². The van der Waals surface area contributed by atoms with Crippen LogP contribution in [0.5, 0.6) is 0 Å². The number of alkyl halides is 3. The topological polar surface area (TPSA) is 64.0 Å². The van der Waals surface area contributed by atoms with E-state index < -0.39 is 39.0 Å². The lowest BCUT2D eigenvalue weighted by atomic mass is 10.1. The Morgan fingerprint density at radius 3 is 2.34 bits per heavy atom. The zero-order chi connectivity index (χ0) is 20.5. The number of aromatic nitrogens is 2. The van der Waals surface area contributed by atoms with Gasteiger partial charge in [0.2, 0.25) is 0 Å². The summed E-state index contributed by atoms with van der Waals surface area (Å²) in [5.41, 5.74) is -2.83. The third-order valence-corrected chi connectivity index (χ3v) is 5.66. The van der Waals surface area contributed by atoms with E-state index in [1.54, 1.807) is 6.07 Å². The highest BCUT2D eigenvalue weighted by Gasteiger charge is 2.38. The van der Waals surface area contributed by atoms with Crippen LogP contribution < -0.4 is 5.32 Å². The molecule has 0 aliphatic rings. The number of hydrogen-bond acceptors (Lipinski definition) is 4. The van der Waals surface area contributed by atoms with Gasteiger partial charge < -0.3 is 5.32 Å². The van der Waals surface area contributed by atoms with E-state index in [0.29, 0.717) is 3.97 Å². The van der Waals surface area contributed by atoms with Crippen molar-refractivity contribution in [2.24, 2.45) is 0 Å². The van der Waals surface area contributed by atoms with Crippen LogP contribution in [0.1, 0.15) is 11.3 Å². The summed E-state index contributed by atoms with van der Waals surface area (Å²) in [5, 5.41) is 2.67. The fourth-order valence-electron chi connectivity index (χ4n) is 2.78. The maximum Gasteiger partial charge on any atom is 0.434 e. The third kappa shape index (κ3) is 4.29. The quantitative estimate of drug-likeness (QED) is 0.596. The molecule has 0 bridgehead atoms. The van der Waals surface area contributed by atoms with Gasteiger partial charge in [-0.05, 0) is 31.3 Å². The normalized spacial score (nSPS) is 11.9. The minimum atomic E-state index is -4.89. The second kappa shape index (κ2) is 8.52. The van der Waals surface area contributed by atoms with Crippen molar-refractivity contribution in [1.29, 1.82) is 0 Å². The fraction of sp³-hybridized carbons (Fsp3) is 0.167. The van der Waals surface area contributed by atoms with Crippen molar-refractivity contribution in [3.05, 3.63) is 71.9 Å². The molecule has 0 saturated heterocycles. The number of nitrogens with one attached hydrogen (secondary N) is 1. The molecule has 0 saturated carbocycles. The molecule has 156 valence electrons. The van der Waals surface area contributed by atoms with E-state index in [1.807, 2.05) is 0 Å². The zero-order valence-electron chi connectivity index (χ0n) is 14.9. The van der Waals surface area contributed by atoms with Gasteiger partial charge in [-0.15, -0.1) is 12.4 Å². The molecule has 11 heteroatoms. The highest BCUT2D eigenvalue weighted by atomic mass is 35.5. The van der Waals surface area contributed by atoms with Gasteiger partial charge in [0, 0.05) is 30.1 Å². The van der Waals surface area contributed by atoms with E-state index in [2.05, 4.69) is 10.3 Å². The summed E-state index contributed by atoms with van der Waals surface area (Å²) in [7, 11) is -2.84. The summed E-state index contributed by atoms with van der Waals surface area (Å²) in [6, 6.07) is 9.26. The van der Waals surface area contributed by atoms with Gasteiger partial charge in [0.05, 0.1) is 4.90 Å². The standard InChI is InChI=1S/C18H15F4N3O2S.ClH/c1-23-10-12-11-25(28(26,27)13-6-3-2-4-7-13)16(15(12)19)14-8-5-9-24-17(14)18(20,21)22;/h2-9,11,23H,10H2,1H3;1H. The molecule has 29 heavy (non-hydrogen) atoms. The lowest BCUT2D eigenvalue weighted by molar-refractivity contribution is -0.140. The van der Waals surface area contributed by atoms with Gasteiger partial charge in [-0.25, -0.2) is 16.8 Å². The molecule has 5 nitrogen and oxygen atoms in total. The molecule has 0 spiro atoms. The highest BCUT2D eigenvalue weighted by Crippen LogP contribution is 2.38. The highest BCUT2D eigenvalue weighted by molar-refractivity contribution is 7.90. The zero-order valence-corrected chi connectivity index (χ0v) is 16.6. The van der Waals surface area contributed by atoms with Crippen LogP contribution in [0.4, 0.5) is 17.6 Å². The van der Waals surface area contributed by atoms with Crippen molar-refractivity contribution < 1.29 is 26.0 Å². The summed E-state index contributed by atoms with van der Waals surface area (Å²) < 4.78 is 81.9. The average Bonchev–Trinajstić information content (AvgIpc) is 2.99. The third-order valence-electron chi connectivity index (χ3n) is 3.98. The van der Waals surface area contributed by atoms with E-state index in [4.69, 9.17) is 0 Å². The van der Waals surface area contributed by atoms with Crippen LogP contribution in [0.3, 0.4) is 0 Å². The number of benzene rings is 1. The number of rotatable bonds is 5. The number of halogens is 5. The van der Waals surface area contributed by atoms with Crippen molar-refractivity contribution in [2.45, 2.75) is 17.6 Å². The maximum absolute atomic E-state index is 15.1. The van der Waals surface area contributed by atoms with E-state index in [0.717, 1.165) is 18.5 Å². The molecule has 3 aromatic rings. The van der Waals surface area contributed by atoms with Gasteiger partial charge in [0.25, 0.3) is 10.0 Å². The lowest BCUT2D eigenvalue weighted by Crippen LogP contribution is -2.16. The molecule has 0 unspecified atom stereocenters. The Hall–Kier alpha value is -2.43. The first-order valence-electron chi connectivity index (χ1n) is 8.05. The van der Waals surface area contributed by atoms with Crippen LogP contribution in [0.15, 0.2) is 59.8 Å². The van der Waals surface area contributed by atoms with Crippen molar-refractivity contribution in [1.82, 2.24) is 14.3 Å². The van der Waals surface area contributed by atoms with Gasteiger partial charge >= 0.3 is 6.18 Å². The minimum Gasteiger partial charge on any atom is -0.316 e. The molecular formula is C18H16ClF4N3O2S. The summed E-state index contributed by atoms with van der Waals surface area (Å²) in [4.78, 5) is 3.12. The molecule has 2 heterocycles. The molecule has 0 aliphatic heterocycles. The van der Waals surface area contributed by atoms with Crippen LogP contribution in [0.2, 0.25) is 0 Å². The van der Waals surface area contributed by atoms with Crippen LogP contribution >= 0.6 is 12.4 Å². The SMILES string of the molecule is CNCc1cn(S(=O)(=O)c2ccccc2)c(-c2cccnc2C(F)(F)F)c1F.Cl. The molecular weight excluding hydrogens is 434 g/mol. The van der Waals surface area contributed by atoms with E-state index in [9.17, 15) is 21.6 Å². The van der Waals surface area contributed by atoms with Gasteiger partial charge in [-0.2, -0.15) is 13.2 Å². The number of nitrogens with zero attached hydrogens (tertiary/aromatic N) is 2. The largest absolute Gasteiger partial charge is 0.434 e. The summed E-state index contributed by atoms with van der Waals surface area (Å²) >= 11 is 0. The van der Waals surface area contributed by atoms with Crippen LogP contribution in [0, 0.1) is 5.82 Å². The Bertz CT molecular complexity index is 1100. The molecule has 0 atom stereocenters. The number of pyridine rings is 1. The van der Waals surface area contributed by atoms with Crippen LogP contribution in [-0.2, 0) is 22.7 Å². The minimum absolute atomic E-state index is 0. The monoisotopic (exact) mass is 449 g/mol. The molecule has 0 aliphatic carbocycles. The Labute approximate surface area is 170 Å². The van der Waals surface area contributed by atoms with Gasteiger partial charge in [-0.3, -0.25) is 4.98 Å². The average molecular weight is 450 g/mol. The molecule has 3 rings (SSSR count). The first kappa shape index (κ1) is 22.9. The lowest BCUT2D eigenvalue weighted by Gasteiger charge is -2.14. The molecule has 1 aromatic carbocycles. The van der Waals surface area contributed by atoms with E-state index in [1.165, 1.54) is 37.4 Å². The fourth-order valence-corrected chi connectivity index (χ4v) is 4.19. The molecule has 0 radical (unpaired) electrons. The molecule has 0 amide bonds. The van der Waals surface area contributed by atoms with Crippen molar-refractivity contribution in [2.75, 3.05) is 7.05 Å².